The van der Waals surface area contributed by atoms with Crippen molar-refractivity contribution >= 4 is 38.9 Å². The molecule has 3 rings (SSSR count). The fourth-order valence-corrected chi connectivity index (χ4v) is 5.22. The first-order valence-electron chi connectivity index (χ1n) is 10.4. The summed E-state index contributed by atoms with van der Waals surface area (Å²) in [5.41, 5.74) is 3.77. The number of benzene rings is 1. The van der Waals surface area contributed by atoms with Gasteiger partial charge < -0.3 is 10.2 Å². The van der Waals surface area contributed by atoms with E-state index in [1.54, 1.807) is 26.0 Å². The van der Waals surface area contributed by atoms with Crippen LogP contribution in [0.4, 0.5) is 11.4 Å². The van der Waals surface area contributed by atoms with Crippen molar-refractivity contribution in [1.29, 1.82) is 0 Å². The van der Waals surface area contributed by atoms with Gasteiger partial charge in [0.25, 0.3) is 5.91 Å². The lowest BCUT2D eigenvalue weighted by atomic mass is 10.1. The normalized spacial score (nSPS) is 17.5. The minimum Gasteiger partial charge on any atom is -0.370 e. The highest BCUT2D eigenvalue weighted by Crippen LogP contribution is 2.32. The van der Waals surface area contributed by atoms with E-state index in [4.69, 9.17) is 0 Å². The molecule has 1 aromatic carbocycles. The molecule has 30 heavy (non-hydrogen) atoms. The zero-order chi connectivity index (χ0) is 21.7. The van der Waals surface area contributed by atoms with Crippen molar-refractivity contribution in [2.24, 2.45) is 5.10 Å². The number of rotatable bonds is 7. The van der Waals surface area contributed by atoms with Crippen LogP contribution in [0.25, 0.3) is 0 Å². The molecule has 2 aliphatic rings. The first kappa shape index (κ1) is 22.2. The van der Waals surface area contributed by atoms with Crippen LogP contribution in [0, 0.1) is 0 Å². The summed E-state index contributed by atoms with van der Waals surface area (Å²) in [6.07, 6.45) is 3.69. The van der Waals surface area contributed by atoms with Crippen LogP contribution in [-0.4, -0.2) is 56.4 Å². The SMILES string of the molecule is CCN(CC)S(=O)(=O)c1ccc(N2CCCCC2)c(NC(=O)C2=NNC(=O)CC2)c1. The molecular formula is C20H29N5O4S. The Bertz CT molecular complexity index is 935. The zero-order valence-corrected chi connectivity index (χ0v) is 18.3. The van der Waals surface area contributed by atoms with Crippen LogP contribution in [-0.2, 0) is 19.6 Å². The summed E-state index contributed by atoms with van der Waals surface area (Å²) < 4.78 is 27.4. The van der Waals surface area contributed by atoms with Gasteiger partial charge >= 0.3 is 0 Å². The van der Waals surface area contributed by atoms with Crippen LogP contribution >= 0.6 is 0 Å². The van der Waals surface area contributed by atoms with Gasteiger partial charge in [0.2, 0.25) is 15.9 Å². The molecule has 0 atom stereocenters. The van der Waals surface area contributed by atoms with Crippen LogP contribution in [0.15, 0.2) is 28.2 Å². The van der Waals surface area contributed by atoms with Gasteiger partial charge in [-0.2, -0.15) is 9.41 Å². The van der Waals surface area contributed by atoms with E-state index in [0.717, 1.165) is 38.0 Å². The molecule has 0 aliphatic carbocycles. The molecule has 0 saturated carbocycles. The molecule has 2 heterocycles. The van der Waals surface area contributed by atoms with E-state index in [-0.39, 0.29) is 29.4 Å². The molecule has 2 N–H and O–H groups in total. The third-order valence-electron chi connectivity index (χ3n) is 5.42. The summed E-state index contributed by atoms with van der Waals surface area (Å²) in [4.78, 5) is 26.3. The Labute approximate surface area is 177 Å². The number of carbonyl (C=O) groups excluding carboxylic acids is 2. The van der Waals surface area contributed by atoms with E-state index in [2.05, 4.69) is 20.7 Å². The first-order chi connectivity index (χ1) is 14.4. The average Bonchev–Trinajstić information content (AvgIpc) is 2.75. The van der Waals surface area contributed by atoms with Crippen molar-refractivity contribution in [3.8, 4) is 0 Å². The molecule has 2 amide bonds. The Kier molecular flexibility index (Phi) is 7.09. The highest BCUT2D eigenvalue weighted by molar-refractivity contribution is 7.89. The van der Waals surface area contributed by atoms with Crippen LogP contribution in [0.2, 0.25) is 0 Å². The van der Waals surface area contributed by atoms with E-state index in [0.29, 0.717) is 18.8 Å². The second kappa shape index (κ2) is 9.57. The molecule has 2 aliphatic heterocycles. The van der Waals surface area contributed by atoms with Crippen LogP contribution in [0.5, 0.6) is 0 Å². The lowest BCUT2D eigenvalue weighted by Crippen LogP contribution is -2.34. The monoisotopic (exact) mass is 435 g/mol. The summed E-state index contributed by atoms with van der Waals surface area (Å²) in [6, 6.07) is 4.89. The Balaban J connectivity index is 1.96. The number of anilines is 2. The Morgan fingerprint density at radius 3 is 2.47 bits per heavy atom. The number of hydrogen-bond donors (Lipinski definition) is 2. The number of hydrogen-bond acceptors (Lipinski definition) is 6. The van der Waals surface area contributed by atoms with Gasteiger partial charge in [0.1, 0.15) is 5.71 Å². The van der Waals surface area contributed by atoms with E-state index < -0.39 is 15.9 Å². The van der Waals surface area contributed by atoms with Gasteiger partial charge in [0.05, 0.1) is 16.3 Å². The number of nitrogens with one attached hydrogen (secondary N) is 2. The van der Waals surface area contributed by atoms with Crippen LogP contribution in [0.1, 0.15) is 46.0 Å². The third-order valence-corrected chi connectivity index (χ3v) is 7.47. The predicted octanol–water partition coefficient (Wildman–Crippen LogP) is 1.91. The second-order valence-corrected chi connectivity index (χ2v) is 9.30. The number of sulfonamides is 1. The molecule has 0 radical (unpaired) electrons. The van der Waals surface area contributed by atoms with E-state index >= 15 is 0 Å². The van der Waals surface area contributed by atoms with Crippen molar-refractivity contribution < 1.29 is 18.0 Å². The Hall–Kier alpha value is -2.46. The third kappa shape index (κ3) is 4.81. The van der Waals surface area contributed by atoms with Crippen LogP contribution < -0.4 is 15.6 Å². The maximum Gasteiger partial charge on any atom is 0.271 e. The largest absolute Gasteiger partial charge is 0.370 e. The molecule has 1 aromatic rings. The maximum absolute atomic E-state index is 13.0. The lowest BCUT2D eigenvalue weighted by molar-refractivity contribution is -0.121. The number of piperidine rings is 1. The Morgan fingerprint density at radius 2 is 1.87 bits per heavy atom. The van der Waals surface area contributed by atoms with Crippen LogP contribution in [0.3, 0.4) is 0 Å². The fraction of sp³-hybridized carbons (Fsp3) is 0.550. The zero-order valence-electron chi connectivity index (χ0n) is 17.5. The molecule has 9 nitrogen and oxygen atoms in total. The van der Waals surface area contributed by atoms with Gasteiger partial charge in [-0.25, -0.2) is 13.8 Å². The van der Waals surface area contributed by atoms with Crippen molar-refractivity contribution in [2.45, 2.75) is 50.8 Å². The standard InChI is InChI=1S/C20H29N5O4S/c1-3-25(4-2)30(28,29)15-8-10-18(24-12-6-5-7-13-24)17(14-15)21-20(27)16-9-11-19(26)23-22-16/h8,10,14H,3-7,9,11-13H2,1-2H3,(H,21,27)(H,23,26). The minimum atomic E-state index is -3.66. The van der Waals surface area contributed by atoms with Crippen molar-refractivity contribution in [1.82, 2.24) is 9.73 Å². The summed E-state index contributed by atoms with van der Waals surface area (Å²) in [7, 11) is -3.66. The lowest BCUT2D eigenvalue weighted by Gasteiger charge is -2.31. The van der Waals surface area contributed by atoms with Gasteiger partial charge in [-0.15, -0.1) is 0 Å². The van der Waals surface area contributed by atoms with Gasteiger partial charge in [0, 0.05) is 39.0 Å². The van der Waals surface area contributed by atoms with E-state index in [1.165, 1.54) is 10.4 Å². The maximum atomic E-state index is 13.0. The van der Waals surface area contributed by atoms with E-state index in [1.807, 2.05) is 0 Å². The smallest absolute Gasteiger partial charge is 0.271 e. The summed E-state index contributed by atoms with van der Waals surface area (Å²) in [5, 5.41) is 6.67. The molecule has 0 bridgehead atoms. The number of hydrazone groups is 1. The molecule has 1 fully saturated rings. The Morgan fingerprint density at radius 1 is 1.17 bits per heavy atom. The number of nitrogens with zero attached hydrogens (tertiary/aromatic N) is 3. The molecule has 0 aromatic heterocycles. The van der Waals surface area contributed by atoms with Gasteiger partial charge in [0.15, 0.2) is 0 Å². The summed E-state index contributed by atoms with van der Waals surface area (Å²) >= 11 is 0. The summed E-state index contributed by atoms with van der Waals surface area (Å²) in [5.74, 6) is -0.668. The molecule has 1 saturated heterocycles. The summed E-state index contributed by atoms with van der Waals surface area (Å²) in [6.45, 7) is 6.02. The molecular weight excluding hydrogens is 406 g/mol. The quantitative estimate of drug-likeness (QED) is 0.680. The van der Waals surface area contributed by atoms with Gasteiger partial charge in [-0.3, -0.25) is 9.59 Å². The van der Waals surface area contributed by atoms with Gasteiger partial charge in [-0.05, 0) is 37.5 Å². The van der Waals surface area contributed by atoms with Gasteiger partial charge in [-0.1, -0.05) is 13.8 Å². The molecule has 10 heteroatoms. The fourth-order valence-electron chi connectivity index (χ4n) is 3.73. The minimum absolute atomic E-state index is 0.140. The first-order valence-corrected chi connectivity index (χ1v) is 11.9. The second-order valence-electron chi connectivity index (χ2n) is 7.36. The number of amides is 2. The van der Waals surface area contributed by atoms with Crippen molar-refractivity contribution in [2.75, 3.05) is 36.4 Å². The molecule has 164 valence electrons. The average molecular weight is 436 g/mol. The predicted molar refractivity (Wildman–Crippen MR) is 116 cm³/mol. The molecule has 0 unspecified atom stereocenters. The van der Waals surface area contributed by atoms with E-state index in [9.17, 15) is 18.0 Å². The topological polar surface area (TPSA) is 111 Å². The van der Waals surface area contributed by atoms with Crippen molar-refractivity contribution in [3.63, 3.8) is 0 Å². The molecule has 0 spiro atoms. The van der Waals surface area contributed by atoms with Crippen molar-refractivity contribution in [3.05, 3.63) is 18.2 Å². The number of carbonyl (C=O) groups is 2. The highest BCUT2D eigenvalue weighted by Gasteiger charge is 2.26. The highest BCUT2D eigenvalue weighted by atomic mass is 32.2.